The molecule has 1 fully saturated rings. The Morgan fingerprint density at radius 2 is 2.07 bits per heavy atom. The molecule has 0 amide bonds. The van der Waals surface area contributed by atoms with E-state index in [0.717, 1.165) is 30.1 Å². The molecule has 0 spiro atoms. The van der Waals surface area contributed by atoms with Crippen molar-refractivity contribution < 1.29 is 4.39 Å². The van der Waals surface area contributed by atoms with Gasteiger partial charge in [0.2, 0.25) is 5.56 Å². The first-order chi connectivity index (χ1) is 13.2. The van der Waals surface area contributed by atoms with Crippen molar-refractivity contribution in [3.05, 3.63) is 64.2 Å². The van der Waals surface area contributed by atoms with Crippen LogP contribution < -0.4 is 5.56 Å². The van der Waals surface area contributed by atoms with Crippen molar-refractivity contribution in [3.8, 4) is 0 Å². The van der Waals surface area contributed by atoms with Gasteiger partial charge >= 0.3 is 0 Å². The van der Waals surface area contributed by atoms with E-state index in [4.69, 9.17) is 0 Å². The van der Waals surface area contributed by atoms with Crippen molar-refractivity contribution in [1.29, 1.82) is 0 Å². The van der Waals surface area contributed by atoms with Gasteiger partial charge in [-0.1, -0.05) is 25.0 Å². The topological polar surface area (TPSA) is 76.5 Å². The van der Waals surface area contributed by atoms with Crippen LogP contribution in [0.15, 0.2) is 41.5 Å². The van der Waals surface area contributed by atoms with E-state index in [1.165, 1.54) is 25.0 Å². The third-order valence-electron chi connectivity index (χ3n) is 5.18. The maximum atomic E-state index is 14.2. The predicted octanol–water partition coefficient (Wildman–Crippen LogP) is 3.20. The molecule has 1 aliphatic rings. The van der Waals surface area contributed by atoms with E-state index in [2.05, 4.69) is 19.9 Å². The van der Waals surface area contributed by atoms with Crippen LogP contribution in [0.2, 0.25) is 0 Å². The minimum atomic E-state index is -0.435. The number of nitrogens with zero attached hydrogens (tertiary/aromatic N) is 4. The van der Waals surface area contributed by atoms with E-state index in [0.29, 0.717) is 23.2 Å². The zero-order chi connectivity index (χ0) is 18.4. The summed E-state index contributed by atoms with van der Waals surface area (Å²) in [4.78, 5) is 28.1. The number of benzene rings is 1. The predicted molar refractivity (Wildman–Crippen MR) is 100.0 cm³/mol. The summed E-state index contributed by atoms with van der Waals surface area (Å²) in [7, 11) is 0. The molecule has 0 unspecified atom stereocenters. The SMILES string of the molecule is O=c1cc(Cn2c(CCC3CC3)nc3nccnc32)c2cccc(F)c2[nH]1. The van der Waals surface area contributed by atoms with Crippen LogP contribution in [0.1, 0.15) is 30.7 Å². The molecule has 1 aromatic carbocycles. The van der Waals surface area contributed by atoms with Crippen LogP contribution in [0.4, 0.5) is 4.39 Å². The van der Waals surface area contributed by atoms with E-state index in [1.54, 1.807) is 18.5 Å². The van der Waals surface area contributed by atoms with Crippen LogP contribution in [0.5, 0.6) is 0 Å². The highest BCUT2D eigenvalue weighted by molar-refractivity contribution is 5.82. The monoisotopic (exact) mass is 363 g/mol. The molecule has 1 N–H and O–H groups in total. The molecule has 0 aliphatic heterocycles. The maximum absolute atomic E-state index is 14.2. The first-order valence-electron chi connectivity index (χ1n) is 9.15. The number of para-hydroxylation sites is 1. The van der Waals surface area contributed by atoms with Gasteiger partial charge in [0.1, 0.15) is 11.6 Å². The van der Waals surface area contributed by atoms with Gasteiger partial charge in [-0.15, -0.1) is 0 Å². The second kappa shape index (κ2) is 6.26. The Hall–Kier alpha value is -3.09. The number of halogens is 1. The minimum absolute atomic E-state index is 0.232. The highest BCUT2D eigenvalue weighted by atomic mass is 19.1. The number of aromatic amines is 1. The Bertz CT molecular complexity index is 1210. The van der Waals surface area contributed by atoms with Crippen molar-refractivity contribution in [3.63, 3.8) is 0 Å². The number of fused-ring (bicyclic) bond motifs is 2. The highest BCUT2D eigenvalue weighted by Crippen LogP contribution is 2.33. The van der Waals surface area contributed by atoms with Crippen LogP contribution in [0, 0.1) is 11.7 Å². The van der Waals surface area contributed by atoms with Gasteiger partial charge in [0.05, 0.1) is 12.1 Å². The van der Waals surface area contributed by atoms with Crippen molar-refractivity contribution >= 4 is 22.2 Å². The molecule has 1 saturated carbocycles. The molecule has 0 radical (unpaired) electrons. The molecule has 5 rings (SSSR count). The molecule has 3 aromatic heterocycles. The Morgan fingerprint density at radius 3 is 2.93 bits per heavy atom. The van der Waals surface area contributed by atoms with Gasteiger partial charge in [-0.25, -0.2) is 19.3 Å². The van der Waals surface area contributed by atoms with Crippen LogP contribution in [-0.4, -0.2) is 24.5 Å². The van der Waals surface area contributed by atoms with Gasteiger partial charge in [-0.2, -0.15) is 0 Å². The summed E-state index contributed by atoms with van der Waals surface area (Å²) < 4.78 is 16.2. The Labute approximate surface area is 154 Å². The molecule has 4 aromatic rings. The molecule has 136 valence electrons. The fourth-order valence-corrected chi connectivity index (χ4v) is 3.61. The second-order valence-electron chi connectivity index (χ2n) is 7.12. The second-order valence-corrected chi connectivity index (χ2v) is 7.12. The zero-order valence-corrected chi connectivity index (χ0v) is 14.7. The lowest BCUT2D eigenvalue weighted by Gasteiger charge is -2.11. The molecule has 27 heavy (non-hydrogen) atoms. The van der Waals surface area contributed by atoms with Gasteiger partial charge in [-0.3, -0.25) is 4.79 Å². The largest absolute Gasteiger partial charge is 0.319 e. The average Bonchev–Trinajstić information content (AvgIpc) is 3.43. The third-order valence-corrected chi connectivity index (χ3v) is 5.18. The Kier molecular flexibility index (Phi) is 3.74. The number of aromatic nitrogens is 5. The summed E-state index contributed by atoms with van der Waals surface area (Å²) in [5.41, 5.74) is 1.94. The van der Waals surface area contributed by atoms with E-state index in [-0.39, 0.29) is 11.1 Å². The number of hydrogen-bond donors (Lipinski definition) is 1. The zero-order valence-electron chi connectivity index (χ0n) is 14.7. The quantitative estimate of drug-likeness (QED) is 0.591. The smallest absolute Gasteiger partial charge is 0.248 e. The van der Waals surface area contributed by atoms with Gasteiger partial charge in [0.15, 0.2) is 11.3 Å². The first kappa shape index (κ1) is 16.1. The maximum Gasteiger partial charge on any atom is 0.248 e. The van der Waals surface area contributed by atoms with Gasteiger partial charge in [-0.05, 0) is 24.0 Å². The molecule has 1 aliphatic carbocycles. The highest BCUT2D eigenvalue weighted by Gasteiger charge is 2.23. The summed E-state index contributed by atoms with van der Waals surface area (Å²) in [6, 6.07) is 6.34. The van der Waals surface area contributed by atoms with E-state index in [1.807, 2.05) is 10.6 Å². The number of imidazole rings is 1. The minimum Gasteiger partial charge on any atom is -0.319 e. The summed E-state index contributed by atoms with van der Waals surface area (Å²) in [6.45, 7) is 0.402. The molecule has 0 atom stereocenters. The number of hydrogen-bond acceptors (Lipinski definition) is 4. The summed E-state index contributed by atoms with van der Waals surface area (Å²) in [5, 5.41) is 0.688. The first-order valence-corrected chi connectivity index (χ1v) is 9.15. The van der Waals surface area contributed by atoms with E-state index >= 15 is 0 Å². The lowest BCUT2D eigenvalue weighted by molar-refractivity contribution is 0.635. The Morgan fingerprint density at radius 1 is 1.22 bits per heavy atom. The van der Waals surface area contributed by atoms with Crippen molar-refractivity contribution in [2.45, 2.75) is 32.2 Å². The normalized spacial score (nSPS) is 14.3. The van der Waals surface area contributed by atoms with Crippen molar-refractivity contribution in [2.24, 2.45) is 5.92 Å². The standard InChI is InChI=1S/C20H18FN5O/c21-15-3-1-2-14-13(10-17(27)25-18(14)15)11-26-16(7-6-12-4-5-12)24-19-20(26)23-9-8-22-19/h1-3,8-10,12H,4-7,11H2,(H,25,27). The number of aryl methyl sites for hydroxylation is 1. The van der Waals surface area contributed by atoms with E-state index < -0.39 is 5.82 Å². The lowest BCUT2D eigenvalue weighted by Crippen LogP contribution is -2.12. The van der Waals surface area contributed by atoms with Gasteiger partial charge in [0.25, 0.3) is 0 Å². The summed E-state index contributed by atoms with van der Waals surface area (Å²) >= 11 is 0. The number of H-pyrrole nitrogens is 1. The van der Waals surface area contributed by atoms with Crippen molar-refractivity contribution in [1.82, 2.24) is 24.5 Å². The van der Waals surface area contributed by atoms with Crippen LogP contribution in [0.25, 0.3) is 22.2 Å². The van der Waals surface area contributed by atoms with Gasteiger partial charge in [0, 0.05) is 30.3 Å². The van der Waals surface area contributed by atoms with Crippen LogP contribution in [-0.2, 0) is 13.0 Å². The molecule has 3 heterocycles. The van der Waals surface area contributed by atoms with E-state index in [9.17, 15) is 9.18 Å². The summed E-state index contributed by atoms with van der Waals surface area (Å²) in [5.74, 6) is 1.26. The number of nitrogens with one attached hydrogen (secondary N) is 1. The van der Waals surface area contributed by atoms with Gasteiger partial charge < -0.3 is 9.55 Å². The number of rotatable bonds is 5. The molecular weight excluding hydrogens is 345 g/mol. The lowest BCUT2D eigenvalue weighted by atomic mass is 10.1. The fourth-order valence-electron chi connectivity index (χ4n) is 3.61. The molecule has 0 bridgehead atoms. The molecule has 6 nitrogen and oxygen atoms in total. The van der Waals surface area contributed by atoms with Crippen molar-refractivity contribution in [2.75, 3.05) is 0 Å². The summed E-state index contributed by atoms with van der Waals surface area (Å²) in [6.07, 6.45) is 7.78. The third kappa shape index (κ3) is 2.99. The number of pyridine rings is 1. The average molecular weight is 363 g/mol. The Balaban J connectivity index is 1.64. The van der Waals surface area contributed by atoms with Crippen LogP contribution in [0.3, 0.4) is 0 Å². The molecule has 0 saturated heterocycles. The molecular formula is C20H18FN5O. The fraction of sp³-hybridized carbons (Fsp3) is 0.300. The molecule has 7 heteroatoms. The van der Waals surface area contributed by atoms with Crippen LogP contribution >= 0.6 is 0 Å².